The fourth-order valence-electron chi connectivity index (χ4n) is 1.48. The van der Waals surface area contributed by atoms with Crippen LogP contribution in [-0.4, -0.2) is 16.9 Å². The number of carbonyl (C=O) groups excluding carboxylic acids is 1. The normalized spacial score (nSPS) is 10.6. The molecule has 0 aliphatic carbocycles. The van der Waals surface area contributed by atoms with E-state index in [0.717, 1.165) is 10.1 Å². The molecule has 0 bridgehead atoms. The number of hydrogen-bond acceptors (Lipinski definition) is 4. The molecule has 2 aromatic rings. The number of benzene rings is 1. The lowest BCUT2D eigenvalue weighted by Gasteiger charge is -2.00. The summed E-state index contributed by atoms with van der Waals surface area (Å²) >= 11 is 7.42. The van der Waals surface area contributed by atoms with E-state index in [9.17, 15) is 4.79 Å². The molecule has 1 aromatic carbocycles. The van der Waals surface area contributed by atoms with Gasteiger partial charge in [0.2, 0.25) is 0 Å². The maximum Gasteiger partial charge on any atom is 0.311 e. The van der Waals surface area contributed by atoms with E-state index in [2.05, 4.69) is 4.37 Å². The summed E-state index contributed by atoms with van der Waals surface area (Å²) in [6.07, 6.45) is 0.178. The molecular formula is C11H10ClNO2S. The van der Waals surface area contributed by atoms with Crippen molar-refractivity contribution in [3.8, 4) is 0 Å². The van der Waals surface area contributed by atoms with Crippen LogP contribution in [-0.2, 0) is 16.0 Å². The molecule has 3 nitrogen and oxygen atoms in total. The second-order valence-electron chi connectivity index (χ2n) is 3.22. The third-order valence-corrected chi connectivity index (χ3v) is 3.30. The monoisotopic (exact) mass is 255 g/mol. The number of carbonyl (C=O) groups is 1. The van der Waals surface area contributed by atoms with Gasteiger partial charge in [-0.2, -0.15) is 4.37 Å². The maximum absolute atomic E-state index is 11.4. The average molecular weight is 256 g/mol. The molecule has 0 spiro atoms. The van der Waals surface area contributed by atoms with E-state index in [1.54, 1.807) is 13.0 Å². The molecule has 16 heavy (non-hydrogen) atoms. The van der Waals surface area contributed by atoms with Crippen molar-refractivity contribution in [3.05, 3.63) is 28.9 Å². The fraction of sp³-hybridized carbons (Fsp3) is 0.273. The largest absolute Gasteiger partial charge is 0.466 e. The van der Waals surface area contributed by atoms with Crippen LogP contribution in [0.5, 0.6) is 0 Å². The van der Waals surface area contributed by atoms with E-state index in [1.165, 1.54) is 11.5 Å². The van der Waals surface area contributed by atoms with Crippen LogP contribution in [0.25, 0.3) is 10.1 Å². The van der Waals surface area contributed by atoms with Crippen molar-refractivity contribution >= 4 is 39.2 Å². The number of ether oxygens (including phenoxy) is 1. The topological polar surface area (TPSA) is 39.2 Å². The van der Waals surface area contributed by atoms with Gasteiger partial charge in [0.25, 0.3) is 0 Å². The van der Waals surface area contributed by atoms with Crippen LogP contribution in [0.3, 0.4) is 0 Å². The Labute approximate surface area is 102 Å². The van der Waals surface area contributed by atoms with E-state index in [0.29, 0.717) is 17.3 Å². The molecule has 2 rings (SSSR count). The van der Waals surface area contributed by atoms with Crippen LogP contribution in [0.1, 0.15) is 12.6 Å². The molecule has 0 aliphatic heterocycles. The van der Waals surface area contributed by atoms with Crippen molar-refractivity contribution in [2.24, 2.45) is 0 Å². The summed E-state index contributed by atoms with van der Waals surface area (Å²) in [5.74, 6) is -0.269. The SMILES string of the molecule is CCOC(=O)Cc1nsc2cccc(Cl)c12. The lowest BCUT2D eigenvalue weighted by atomic mass is 10.2. The quantitative estimate of drug-likeness (QED) is 0.792. The summed E-state index contributed by atoms with van der Waals surface area (Å²) in [6.45, 7) is 2.17. The highest BCUT2D eigenvalue weighted by Gasteiger charge is 2.13. The van der Waals surface area contributed by atoms with Gasteiger partial charge in [0.15, 0.2) is 0 Å². The van der Waals surface area contributed by atoms with Gasteiger partial charge in [0, 0.05) is 5.39 Å². The molecule has 0 saturated heterocycles. The Morgan fingerprint density at radius 3 is 3.12 bits per heavy atom. The van der Waals surface area contributed by atoms with Gasteiger partial charge in [-0.25, -0.2) is 0 Å². The first-order chi connectivity index (χ1) is 7.72. The van der Waals surface area contributed by atoms with Crippen molar-refractivity contribution in [2.45, 2.75) is 13.3 Å². The first kappa shape index (κ1) is 11.4. The summed E-state index contributed by atoms with van der Waals surface area (Å²) in [4.78, 5) is 11.4. The number of halogens is 1. The van der Waals surface area contributed by atoms with Crippen LogP contribution in [0.4, 0.5) is 0 Å². The summed E-state index contributed by atoms with van der Waals surface area (Å²) in [5, 5.41) is 1.49. The molecule has 5 heteroatoms. The second-order valence-corrected chi connectivity index (χ2v) is 4.44. The van der Waals surface area contributed by atoms with Crippen molar-refractivity contribution < 1.29 is 9.53 Å². The Morgan fingerprint density at radius 1 is 1.56 bits per heavy atom. The van der Waals surface area contributed by atoms with E-state index in [4.69, 9.17) is 16.3 Å². The lowest BCUT2D eigenvalue weighted by molar-refractivity contribution is -0.142. The minimum absolute atomic E-state index is 0.178. The Kier molecular flexibility index (Phi) is 3.41. The summed E-state index contributed by atoms with van der Waals surface area (Å²) < 4.78 is 10.1. The number of hydrogen-bond donors (Lipinski definition) is 0. The predicted octanol–water partition coefficient (Wildman–Crippen LogP) is 3.06. The number of rotatable bonds is 3. The molecule has 0 atom stereocenters. The van der Waals surface area contributed by atoms with Crippen molar-refractivity contribution in [1.29, 1.82) is 0 Å². The highest BCUT2D eigenvalue weighted by atomic mass is 35.5. The second kappa shape index (κ2) is 4.80. The molecule has 0 N–H and O–H groups in total. The molecule has 0 radical (unpaired) electrons. The molecule has 84 valence electrons. The van der Waals surface area contributed by atoms with Gasteiger partial charge in [-0.1, -0.05) is 17.7 Å². The molecule has 1 aromatic heterocycles. The number of aromatic nitrogens is 1. The number of esters is 1. The van der Waals surface area contributed by atoms with Crippen LogP contribution >= 0.6 is 23.1 Å². The third kappa shape index (κ3) is 2.18. The van der Waals surface area contributed by atoms with Crippen LogP contribution in [0.15, 0.2) is 18.2 Å². The Bertz CT molecular complexity index is 524. The van der Waals surface area contributed by atoms with Crippen LogP contribution < -0.4 is 0 Å². The zero-order valence-corrected chi connectivity index (χ0v) is 10.3. The van der Waals surface area contributed by atoms with Gasteiger partial charge in [0.05, 0.1) is 28.4 Å². The zero-order chi connectivity index (χ0) is 11.5. The molecule has 1 heterocycles. The minimum Gasteiger partial charge on any atom is -0.466 e. The molecule has 0 unspecified atom stereocenters. The lowest BCUT2D eigenvalue weighted by Crippen LogP contribution is -2.07. The van der Waals surface area contributed by atoms with E-state index < -0.39 is 0 Å². The zero-order valence-electron chi connectivity index (χ0n) is 8.70. The first-order valence-electron chi connectivity index (χ1n) is 4.90. The summed E-state index contributed by atoms with van der Waals surface area (Å²) in [7, 11) is 0. The third-order valence-electron chi connectivity index (χ3n) is 2.14. The standard InChI is InChI=1S/C11H10ClNO2S/c1-2-15-10(14)6-8-11-7(12)4-3-5-9(11)16-13-8/h3-5H,2,6H2,1H3. The Balaban J connectivity index is 2.34. The van der Waals surface area contributed by atoms with E-state index >= 15 is 0 Å². The van der Waals surface area contributed by atoms with E-state index in [-0.39, 0.29) is 12.4 Å². The fourth-order valence-corrected chi connectivity index (χ4v) is 2.64. The van der Waals surface area contributed by atoms with Gasteiger partial charge in [-0.3, -0.25) is 4.79 Å². The maximum atomic E-state index is 11.4. The molecule has 0 saturated carbocycles. The molecular weight excluding hydrogens is 246 g/mol. The molecule has 0 aliphatic rings. The molecule has 0 fully saturated rings. The predicted molar refractivity (Wildman–Crippen MR) is 65.0 cm³/mol. The highest BCUT2D eigenvalue weighted by Crippen LogP contribution is 2.29. The average Bonchev–Trinajstić information content (AvgIpc) is 2.63. The Hall–Kier alpha value is -1.13. The minimum atomic E-state index is -0.269. The van der Waals surface area contributed by atoms with Crippen LogP contribution in [0.2, 0.25) is 5.02 Å². The Morgan fingerprint density at radius 2 is 2.38 bits per heavy atom. The van der Waals surface area contributed by atoms with Crippen molar-refractivity contribution in [1.82, 2.24) is 4.37 Å². The van der Waals surface area contributed by atoms with Gasteiger partial charge < -0.3 is 4.74 Å². The smallest absolute Gasteiger partial charge is 0.311 e. The first-order valence-corrected chi connectivity index (χ1v) is 6.06. The molecule has 0 amide bonds. The van der Waals surface area contributed by atoms with Crippen LogP contribution in [0, 0.1) is 0 Å². The van der Waals surface area contributed by atoms with Crippen molar-refractivity contribution in [2.75, 3.05) is 6.61 Å². The summed E-state index contributed by atoms with van der Waals surface area (Å²) in [6, 6.07) is 5.61. The number of fused-ring (bicyclic) bond motifs is 1. The van der Waals surface area contributed by atoms with Gasteiger partial charge in [0.1, 0.15) is 0 Å². The number of nitrogens with zero attached hydrogens (tertiary/aromatic N) is 1. The highest BCUT2D eigenvalue weighted by molar-refractivity contribution is 7.13. The van der Waals surface area contributed by atoms with Gasteiger partial charge >= 0.3 is 5.97 Å². The van der Waals surface area contributed by atoms with Crippen molar-refractivity contribution in [3.63, 3.8) is 0 Å². The van der Waals surface area contributed by atoms with Gasteiger partial charge in [-0.05, 0) is 30.6 Å². The van der Waals surface area contributed by atoms with Gasteiger partial charge in [-0.15, -0.1) is 0 Å². The summed E-state index contributed by atoms with van der Waals surface area (Å²) in [5.41, 5.74) is 0.698. The van der Waals surface area contributed by atoms with E-state index in [1.807, 2.05) is 12.1 Å².